The van der Waals surface area contributed by atoms with E-state index < -0.39 is 0 Å². The Morgan fingerprint density at radius 2 is 2.42 bits per heavy atom. The number of Topliss-reactive ketones (excluding diaryl/α,β-unsaturated/α-hetero) is 1. The van der Waals surface area contributed by atoms with Crippen LogP contribution in [-0.2, 0) is 9.59 Å². The summed E-state index contributed by atoms with van der Waals surface area (Å²) >= 11 is 0. The summed E-state index contributed by atoms with van der Waals surface area (Å²) in [4.78, 5) is 23.7. The molecule has 4 heteroatoms. The SMILES string of the molecule is CC(=O)CN1CCNC(C)C1=O. The Labute approximate surface area is 71.9 Å². The molecule has 0 radical (unpaired) electrons. The van der Waals surface area contributed by atoms with E-state index in [2.05, 4.69) is 5.32 Å². The number of nitrogens with zero attached hydrogens (tertiary/aromatic N) is 1. The Morgan fingerprint density at radius 1 is 1.75 bits per heavy atom. The van der Waals surface area contributed by atoms with E-state index in [1.54, 1.807) is 4.90 Å². The number of piperazine rings is 1. The van der Waals surface area contributed by atoms with Crippen molar-refractivity contribution in [3.63, 3.8) is 0 Å². The van der Waals surface area contributed by atoms with Crippen LogP contribution in [0.3, 0.4) is 0 Å². The fraction of sp³-hybridized carbons (Fsp3) is 0.750. The van der Waals surface area contributed by atoms with Gasteiger partial charge in [-0.1, -0.05) is 0 Å². The first-order valence-electron chi connectivity index (χ1n) is 4.13. The van der Waals surface area contributed by atoms with E-state index in [1.165, 1.54) is 6.92 Å². The second kappa shape index (κ2) is 3.67. The summed E-state index contributed by atoms with van der Waals surface area (Å²) in [6.45, 7) is 4.99. The number of nitrogens with one attached hydrogen (secondary N) is 1. The van der Waals surface area contributed by atoms with Crippen molar-refractivity contribution in [2.24, 2.45) is 0 Å². The van der Waals surface area contributed by atoms with Crippen LogP contribution in [0.1, 0.15) is 13.8 Å². The normalized spacial score (nSPS) is 24.3. The summed E-state index contributed by atoms with van der Waals surface area (Å²) in [5, 5.41) is 3.03. The van der Waals surface area contributed by atoms with Crippen LogP contribution in [-0.4, -0.2) is 42.3 Å². The summed E-state index contributed by atoms with van der Waals surface area (Å²) in [6, 6.07) is -0.141. The van der Waals surface area contributed by atoms with Crippen LogP contribution >= 0.6 is 0 Å². The molecule has 0 aromatic carbocycles. The maximum Gasteiger partial charge on any atom is 0.239 e. The fourth-order valence-electron chi connectivity index (χ4n) is 1.31. The molecule has 1 heterocycles. The van der Waals surface area contributed by atoms with Gasteiger partial charge in [-0.2, -0.15) is 0 Å². The molecule has 1 atom stereocenters. The predicted molar refractivity (Wildman–Crippen MR) is 44.7 cm³/mol. The molecule has 0 saturated carbocycles. The molecule has 4 nitrogen and oxygen atoms in total. The van der Waals surface area contributed by atoms with E-state index in [0.717, 1.165) is 6.54 Å². The van der Waals surface area contributed by atoms with Crippen LogP contribution in [0.4, 0.5) is 0 Å². The lowest BCUT2D eigenvalue weighted by atomic mass is 10.2. The standard InChI is InChI=1S/C8H14N2O2/c1-6(11)5-10-4-3-9-7(2)8(10)12/h7,9H,3-5H2,1-2H3. The lowest BCUT2D eigenvalue weighted by Crippen LogP contribution is -2.54. The van der Waals surface area contributed by atoms with Crippen molar-refractivity contribution in [1.29, 1.82) is 0 Å². The smallest absolute Gasteiger partial charge is 0.239 e. The first-order chi connectivity index (χ1) is 5.61. The first-order valence-corrected chi connectivity index (χ1v) is 4.13. The lowest BCUT2D eigenvalue weighted by Gasteiger charge is -2.30. The van der Waals surface area contributed by atoms with Crippen molar-refractivity contribution >= 4 is 11.7 Å². The largest absolute Gasteiger partial charge is 0.333 e. The Kier molecular flexibility index (Phi) is 2.81. The van der Waals surface area contributed by atoms with E-state index in [9.17, 15) is 9.59 Å². The third-order valence-corrected chi connectivity index (χ3v) is 1.93. The molecule has 1 unspecified atom stereocenters. The molecule has 1 fully saturated rings. The van der Waals surface area contributed by atoms with E-state index in [4.69, 9.17) is 0 Å². The Balaban J connectivity index is 2.52. The maximum absolute atomic E-state index is 11.4. The van der Waals surface area contributed by atoms with Gasteiger partial charge in [0.25, 0.3) is 0 Å². The van der Waals surface area contributed by atoms with Gasteiger partial charge in [-0.3, -0.25) is 9.59 Å². The lowest BCUT2D eigenvalue weighted by molar-refractivity contribution is -0.138. The summed E-state index contributed by atoms with van der Waals surface area (Å²) < 4.78 is 0. The quantitative estimate of drug-likeness (QED) is 0.602. The van der Waals surface area contributed by atoms with Gasteiger partial charge in [0, 0.05) is 13.1 Å². The fourth-order valence-corrected chi connectivity index (χ4v) is 1.31. The van der Waals surface area contributed by atoms with Crippen molar-refractivity contribution in [2.75, 3.05) is 19.6 Å². The Hall–Kier alpha value is -0.900. The first kappa shape index (κ1) is 9.19. The minimum absolute atomic E-state index is 0.0245. The van der Waals surface area contributed by atoms with Gasteiger partial charge in [-0.15, -0.1) is 0 Å². The Morgan fingerprint density at radius 3 is 3.00 bits per heavy atom. The highest BCUT2D eigenvalue weighted by Crippen LogP contribution is 2.00. The highest BCUT2D eigenvalue weighted by Gasteiger charge is 2.24. The van der Waals surface area contributed by atoms with Gasteiger partial charge >= 0.3 is 0 Å². The second-order valence-electron chi connectivity index (χ2n) is 3.14. The maximum atomic E-state index is 11.4. The average molecular weight is 170 g/mol. The summed E-state index contributed by atoms with van der Waals surface area (Å²) in [7, 11) is 0. The number of amides is 1. The summed E-state index contributed by atoms with van der Waals surface area (Å²) in [6.07, 6.45) is 0. The highest BCUT2D eigenvalue weighted by atomic mass is 16.2. The Bertz CT molecular complexity index is 203. The highest BCUT2D eigenvalue weighted by molar-refractivity contribution is 5.87. The number of hydrogen-bond donors (Lipinski definition) is 1. The van der Waals surface area contributed by atoms with Crippen molar-refractivity contribution < 1.29 is 9.59 Å². The molecule has 1 saturated heterocycles. The van der Waals surface area contributed by atoms with Crippen molar-refractivity contribution in [1.82, 2.24) is 10.2 Å². The topological polar surface area (TPSA) is 49.4 Å². The van der Waals surface area contributed by atoms with E-state index >= 15 is 0 Å². The molecule has 0 spiro atoms. The van der Waals surface area contributed by atoms with Gasteiger partial charge in [-0.25, -0.2) is 0 Å². The number of ketones is 1. The molecule has 0 aromatic heterocycles. The number of rotatable bonds is 2. The number of hydrogen-bond acceptors (Lipinski definition) is 3. The molecule has 0 bridgehead atoms. The summed E-state index contributed by atoms with van der Waals surface area (Å²) in [5.74, 6) is 0.0638. The third-order valence-electron chi connectivity index (χ3n) is 1.93. The molecule has 1 N–H and O–H groups in total. The molecule has 1 aliphatic heterocycles. The van der Waals surface area contributed by atoms with Crippen molar-refractivity contribution in [2.45, 2.75) is 19.9 Å². The van der Waals surface area contributed by atoms with Crippen molar-refractivity contribution in [3.05, 3.63) is 0 Å². The molecule has 0 aliphatic carbocycles. The van der Waals surface area contributed by atoms with Gasteiger partial charge in [0.1, 0.15) is 5.78 Å². The average Bonchev–Trinajstić information content (AvgIpc) is 1.98. The van der Waals surface area contributed by atoms with Crippen LogP contribution in [0.2, 0.25) is 0 Å². The molecule has 12 heavy (non-hydrogen) atoms. The van der Waals surface area contributed by atoms with Gasteiger partial charge < -0.3 is 10.2 Å². The molecule has 1 aliphatic rings. The number of carbonyl (C=O) groups is 2. The second-order valence-corrected chi connectivity index (χ2v) is 3.14. The van der Waals surface area contributed by atoms with Crippen LogP contribution in [0.5, 0.6) is 0 Å². The molecular formula is C8H14N2O2. The van der Waals surface area contributed by atoms with Gasteiger partial charge in [0.15, 0.2) is 0 Å². The summed E-state index contributed by atoms with van der Waals surface area (Å²) in [5.41, 5.74) is 0. The molecular weight excluding hydrogens is 156 g/mol. The predicted octanol–water partition coefficient (Wildman–Crippen LogP) is -0.604. The van der Waals surface area contributed by atoms with Gasteiger partial charge in [-0.05, 0) is 13.8 Å². The van der Waals surface area contributed by atoms with Crippen LogP contribution in [0.15, 0.2) is 0 Å². The minimum atomic E-state index is -0.141. The number of carbonyl (C=O) groups excluding carboxylic acids is 2. The molecule has 1 rings (SSSR count). The van der Waals surface area contributed by atoms with Gasteiger partial charge in [0.05, 0.1) is 12.6 Å². The zero-order valence-corrected chi connectivity index (χ0v) is 7.46. The minimum Gasteiger partial charge on any atom is -0.333 e. The molecule has 68 valence electrons. The van der Waals surface area contributed by atoms with E-state index in [0.29, 0.717) is 6.54 Å². The molecule has 1 amide bonds. The molecule has 0 aromatic rings. The van der Waals surface area contributed by atoms with Crippen LogP contribution < -0.4 is 5.32 Å². The third kappa shape index (κ3) is 2.04. The van der Waals surface area contributed by atoms with Crippen LogP contribution in [0, 0.1) is 0 Å². The zero-order chi connectivity index (χ0) is 9.14. The van der Waals surface area contributed by atoms with Gasteiger partial charge in [0.2, 0.25) is 5.91 Å². The van der Waals surface area contributed by atoms with Crippen LogP contribution in [0.25, 0.3) is 0 Å². The van der Waals surface area contributed by atoms with Crippen molar-refractivity contribution in [3.8, 4) is 0 Å². The zero-order valence-electron chi connectivity index (χ0n) is 7.46. The van der Waals surface area contributed by atoms with E-state index in [-0.39, 0.29) is 24.3 Å². The van der Waals surface area contributed by atoms with E-state index in [1.807, 2.05) is 6.92 Å². The monoisotopic (exact) mass is 170 g/mol.